The number of hydrogen-bond donors (Lipinski definition) is 0. The Kier molecular flexibility index (Phi) is 4.20. The van der Waals surface area contributed by atoms with E-state index in [1.807, 2.05) is 49.4 Å². The van der Waals surface area contributed by atoms with Crippen molar-refractivity contribution in [3.63, 3.8) is 0 Å². The molecule has 3 nitrogen and oxygen atoms in total. The minimum Gasteiger partial charge on any atom is -0.337 e. The van der Waals surface area contributed by atoms with E-state index >= 15 is 0 Å². The number of hydrogen-bond acceptors (Lipinski definition) is 2. The van der Waals surface area contributed by atoms with Crippen molar-refractivity contribution in [1.29, 1.82) is 0 Å². The maximum atomic E-state index is 12.6. The quantitative estimate of drug-likeness (QED) is 0.670. The summed E-state index contributed by atoms with van der Waals surface area (Å²) in [5.74, 6) is -0.0874. The fourth-order valence-electron chi connectivity index (χ4n) is 2.48. The summed E-state index contributed by atoms with van der Waals surface area (Å²) in [4.78, 5) is 25.0. The lowest BCUT2D eigenvalue weighted by atomic mass is 10.1. The van der Waals surface area contributed by atoms with E-state index < -0.39 is 0 Å². The molecule has 0 spiro atoms. The van der Waals surface area contributed by atoms with Gasteiger partial charge in [0.05, 0.1) is 12.2 Å². The van der Waals surface area contributed by atoms with E-state index in [2.05, 4.69) is 0 Å². The molecule has 1 heterocycles. The van der Waals surface area contributed by atoms with E-state index in [1.54, 1.807) is 35.0 Å². The van der Waals surface area contributed by atoms with Gasteiger partial charge in [-0.05, 0) is 19.1 Å². The molecule has 0 bridgehead atoms. The van der Waals surface area contributed by atoms with Crippen LogP contribution in [0.5, 0.6) is 0 Å². The van der Waals surface area contributed by atoms with Crippen LogP contribution in [-0.2, 0) is 6.54 Å². The molecule has 1 aromatic heterocycles. The Bertz CT molecular complexity index is 830. The fraction of sp³-hybridized carbons (Fsp3) is 0.100. The van der Waals surface area contributed by atoms with Crippen molar-refractivity contribution in [3.8, 4) is 0 Å². The molecule has 2 aromatic carbocycles. The van der Waals surface area contributed by atoms with Crippen LogP contribution in [0.4, 0.5) is 0 Å². The van der Waals surface area contributed by atoms with E-state index in [1.165, 1.54) is 0 Å². The molecule has 0 unspecified atom stereocenters. The molecule has 3 aromatic rings. The van der Waals surface area contributed by atoms with Gasteiger partial charge in [-0.2, -0.15) is 0 Å². The molecule has 0 N–H and O–H groups in total. The van der Waals surface area contributed by atoms with Crippen LogP contribution in [-0.4, -0.2) is 16.1 Å². The topological polar surface area (TPSA) is 39.1 Å². The van der Waals surface area contributed by atoms with E-state index in [0.717, 1.165) is 5.56 Å². The number of aromatic nitrogens is 1. The Balaban J connectivity index is 1.83. The van der Waals surface area contributed by atoms with Gasteiger partial charge in [0.2, 0.25) is 5.78 Å². The third kappa shape index (κ3) is 3.29. The highest BCUT2D eigenvalue weighted by molar-refractivity contribution is 6.08. The Morgan fingerprint density at radius 1 is 0.826 bits per heavy atom. The molecule has 0 aliphatic carbocycles. The van der Waals surface area contributed by atoms with Gasteiger partial charge in [-0.15, -0.1) is 0 Å². The highest BCUT2D eigenvalue weighted by Crippen LogP contribution is 2.13. The van der Waals surface area contributed by atoms with Gasteiger partial charge in [-0.3, -0.25) is 9.59 Å². The summed E-state index contributed by atoms with van der Waals surface area (Å²) in [5, 5.41) is 0. The minimum atomic E-state index is -0.0766. The van der Waals surface area contributed by atoms with Crippen molar-refractivity contribution >= 4 is 11.6 Å². The zero-order valence-electron chi connectivity index (χ0n) is 12.9. The van der Waals surface area contributed by atoms with E-state index in [-0.39, 0.29) is 18.1 Å². The van der Waals surface area contributed by atoms with Crippen LogP contribution in [0, 0.1) is 6.92 Å². The SMILES string of the molecule is Cc1ccc(C(=O)Cn2cccc2C(=O)c2ccccc2)cc1. The summed E-state index contributed by atoms with van der Waals surface area (Å²) in [6.45, 7) is 2.14. The Morgan fingerprint density at radius 3 is 2.22 bits per heavy atom. The zero-order chi connectivity index (χ0) is 16.2. The molecule has 23 heavy (non-hydrogen) atoms. The van der Waals surface area contributed by atoms with Gasteiger partial charge < -0.3 is 4.57 Å². The standard InChI is InChI=1S/C20H17NO2/c1-15-9-11-16(12-10-15)19(22)14-21-13-5-8-18(21)20(23)17-6-3-2-4-7-17/h2-13H,14H2,1H3. The van der Waals surface area contributed by atoms with E-state index in [0.29, 0.717) is 16.8 Å². The second-order valence-electron chi connectivity index (χ2n) is 5.51. The zero-order valence-corrected chi connectivity index (χ0v) is 12.9. The predicted molar refractivity (Wildman–Crippen MR) is 89.8 cm³/mol. The number of benzene rings is 2. The van der Waals surface area contributed by atoms with Crippen LogP contribution >= 0.6 is 0 Å². The Hall–Kier alpha value is -2.94. The lowest BCUT2D eigenvalue weighted by molar-refractivity contribution is 0.0968. The first-order valence-corrected chi connectivity index (χ1v) is 7.50. The van der Waals surface area contributed by atoms with Gasteiger partial charge in [0.1, 0.15) is 0 Å². The first-order chi connectivity index (χ1) is 11.1. The lowest BCUT2D eigenvalue weighted by Crippen LogP contribution is -2.15. The summed E-state index contributed by atoms with van der Waals surface area (Å²) >= 11 is 0. The van der Waals surface area contributed by atoms with Gasteiger partial charge >= 0.3 is 0 Å². The molecule has 0 aliphatic heterocycles. The summed E-state index contributed by atoms with van der Waals surface area (Å²) in [6.07, 6.45) is 1.77. The molecule has 3 rings (SSSR count). The third-order valence-electron chi connectivity index (χ3n) is 3.79. The van der Waals surface area contributed by atoms with Crippen molar-refractivity contribution in [1.82, 2.24) is 4.57 Å². The van der Waals surface area contributed by atoms with Gasteiger partial charge in [-0.1, -0.05) is 60.2 Å². The van der Waals surface area contributed by atoms with Crippen molar-refractivity contribution < 1.29 is 9.59 Å². The number of rotatable bonds is 5. The molecule has 0 amide bonds. The summed E-state index contributed by atoms with van der Waals surface area (Å²) in [7, 11) is 0. The molecule has 0 saturated carbocycles. The third-order valence-corrected chi connectivity index (χ3v) is 3.79. The van der Waals surface area contributed by atoms with Crippen LogP contribution in [0.2, 0.25) is 0 Å². The average molecular weight is 303 g/mol. The smallest absolute Gasteiger partial charge is 0.209 e. The molecule has 0 aliphatic rings. The van der Waals surface area contributed by atoms with Gasteiger partial charge in [-0.25, -0.2) is 0 Å². The highest BCUT2D eigenvalue weighted by atomic mass is 16.1. The Morgan fingerprint density at radius 2 is 1.52 bits per heavy atom. The van der Waals surface area contributed by atoms with Crippen molar-refractivity contribution in [2.75, 3.05) is 0 Å². The molecule has 0 saturated heterocycles. The minimum absolute atomic E-state index is 0.0108. The van der Waals surface area contributed by atoms with E-state index in [9.17, 15) is 9.59 Å². The van der Waals surface area contributed by atoms with Crippen LogP contribution in [0.3, 0.4) is 0 Å². The van der Waals surface area contributed by atoms with Crippen LogP contribution < -0.4 is 0 Å². The maximum absolute atomic E-state index is 12.6. The van der Waals surface area contributed by atoms with Crippen LogP contribution in [0.25, 0.3) is 0 Å². The van der Waals surface area contributed by atoms with Crippen LogP contribution in [0.1, 0.15) is 32.0 Å². The summed E-state index contributed by atoms with van der Waals surface area (Å²) < 4.78 is 1.71. The normalized spacial score (nSPS) is 10.5. The highest BCUT2D eigenvalue weighted by Gasteiger charge is 2.15. The number of Topliss-reactive ketones (excluding diaryl/α,β-unsaturated/α-hetero) is 1. The number of ketones is 2. The van der Waals surface area contributed by atoms with Crippen molar-refractivity contribution in [2.45, 2.75) is 13.5 Å². The first kappa shape index (κ1) is 15.0. The second-order valence-corrected chi connectivity index (χ2v) is 5.51. The summed E-state index contributed by atoms with van der Waals surface area (Å²) in [6, 6.07) is 20.1. The fourth-order valence-corrected chi connectivity index (χ4v) is 2.48. The van der Waals surface area contributed by atoms with E-state index in [4.69, 9.17) is 0 Å². The molecule has 114 valence electrons. The second kappa shape index (κ2) is 6.44. The molecular weight excluding hydrogens is 286 g/mol. The van der Waals surface area contributed by atoms with Crippen LogP contribution in [0.15, 0.2) is 72.9 Å². The largest absolute Gasteiger partial charge is 0.337 e. The molecule has 0 atom stereocenters. The van der Waals surface area contributed by atoms with Gasteiger partial charge in [0, 0.05) is 17.3 Å². The number of aryl methyl sites for hydroxylation is 1. The lowest BCUT2D eigenvalue weighted by Gasteiger charge is -2.08. The number of carbonyl (C=O) groups is 2. The first-order valence-electron chi connectivity index (χ1n) is 7.50. The van der Waals surface area contributed by atoms with Crippen molar-refractivity contribution in [2.24, 2.45) is 0 Å². The monoisotopic (exact) mass is 303 g/mol. The van der Waals surface area contributed by atoms with Crippen molar-refractivity contribution in [3.05, 3.63) is 95.3 Å². The maximum Gasteiger partial charge on any atom is 0.209 e. The summed E-state index contributed by atoms with van der Waals surface area (Å²) in [5.41, 5.74) is 2.91. The average Bonchev–Trinajstić information content (AvgIpc) is 3.03. The molecule has 0 radical (unpaired) electrons. The number of carbonyl (C=O) groups excluding carboxylic acids is 2. The Labute approximate surface area is 135 Å². The molecular formula is C20H17NO2. The molecule has 3 heteroatoms. The van der Waals surface area contributed by atoms with Gasteiger partial charge in [0.25, 0.3) is 0 Å². The van der Waals surface area contributed by atoms with Gasteiger partial charge in [0.15, 0.2) is 5.78 Å². The predicted octanol–water partition coefficient (Wildman–Crippen LogP) is 3.91. The molecule has 0 fully saturated rings. The number of nitrogens with zero attached hydrogens (tertiary/aromatic N) is 1.